The first-order valence-electron chi connectivity index (χ1n) is 9.88. The molecule has 0 spiro atoms. The second-order valence-corrected chi connectivity index (χ2v) is 7.29. The number of aromatic nitrogens is 3. The molecule has 9 nitrogen and oxygen atoms in total. The van der Waals surface area contributed by atoms with Gasteiger partial charge in [0.1, 0.15) is 0 Å². The van der Waals surface area contributed by atoms with Crippen molar-refractivity contribution in [2.75, 3.05) is 17.2 Å². The van der Waals surface area contributed by atoms with Crippen molar-refractivity contribution in [3.63, 3.8) is 0 Å². The first-order valence-corrected chi connectivity index (χ1v) is 9.88. The van der Waals surface area contributed by atoms with Crippen LogP contribution >= 0.6 is 0 Å². The Bertz CT molecular complexity index is 1150. The highest BCUT2D eigenvalue weighted by molar-refractivity contribution is 5.94. The van der Waals surface area contributed by atoms with Crippen LogP contribution in [-0.4, -0.2) is 39.0 Å². The van der Waals surface area contributed by atoms with E-state index in [0.717, 1.165) is 28.3 Å². The Morgan fingerprint density at radius 2 is 1.77 bits per heavy atom. The van der Waals surface area contributed by atoms with E-state index in [4.69, 9.17) is 4.74 Å². The number of aryl methyl sites for hydroxylation is 3. The van der Waals surface area contributed by atoms with Crippen molar-refractivity contribution in [1.82, 2.24) is 14.6 Å². The number of fused-ring (bicyclic) bond motifs is 1. The molecule has 162 valence electrons. The molecule has 2 heterocycles. The molecule has 0 saturated carbocycles. The molecular weight excluding hydrogens is 398 g/mol. The van der Waals surface area contributed by atoms with E-state index in [0.29, 0.717) is 17.8 Å². The van der Waals surface area contributed by atoms with E-state index in [9.17, 15) is 14.4 Å². The quantitative estimate of drug-likeness (QED) is 0.565. The van der Waals surface area contributed by atoms with Gasteiger partial charge in [-0.05, 0) is 51.0 Å². The number of hydrogen-bond acceptors (Lipinski definition) is 6. The van der Waals surface area contributed by atoms with Crippen LogP contribution in [-0.2, 0) is 25.5 Å². The van der Waals surface area contributed by atoms with E-state index in [1.165, 1.54) is 6.92 Å². The molecule has 0 bridgehead atoms. The third-order valence-electron chi connectivity index (χ3n) is 4.70. The number of benzene rings is 1. The number of ether oxygens (including phenoxy) is 1. The topological polar surface area (TPSA) is 115 Å². The molecule has 0 saturated heterocycles. The fourth-order valence-electron chi connectivity index (χ4n) is 3.32. The Morgan fingerprint density at radius 3 is 2.48 bits per heavy atom. The zero-order valence-corrected chi connectivity index (χ0v) is 18.0. The summed E-state index contributed by atoms with van der Waals surface area (Å²) in [5, 5.41) is 9.70. The first kappa shape index (κ1) is 21.9. The normalized spacial score (nSPS) is 10.7. The van der Waals surface area contributed by atoms with Crippen LogP contribution in [0.3, 0.4) is 0 Å². The Morgan fingerprint density at radius 1 is 1.06 bits per heavy atom. The predicted molar refractivity (Wildman–Crippen MR) is 116 cm³/mol. The maximum atomic E-state index is 12.1. The van der Waals surface area contributed by atoms with E-state index in [2.05, 4.69) is 20.7 Å². The average Bonchev–Trinajstić information content (AvgIpc) is 3.06. The maximum absolute atomic E-state index is 12.1. The number of nitrogens with one attached hydrogen (secondary N) is 2. The minimum Gasteiger partial charge on any atom is -0.456 e. The van der Waals surface area contributed by atoms with E-state index in [1.807, 2.05) is 26.8 Å². The van der Waals surface area contributed by atoms with Gasteiger partial charge in [0.05, 0.1) is 5.69 Å². The third-order valence-corrected chi connectivity index (χ3v) is 4.70. The highest BCUT2D eigenvalue weighted by Gasteiger charge is 2.14. The molecule has 0 radical (unpaired) electrons. The Balaban J connectivity index is 1.52. The molecule has 0 aliphatic heterocycles. The fourth-order valence-corrected chi connectivity index (χ4v) is 3.32. The summed E-state index contributed by atoms with van der Waals surface area (Å²) >= 11 is 0. The van der Waals surface area contributed by atoms with Gasteiger partial charge in [-0.25, -0.2) is 9.50 Å². The summed E-state index contributed by atoms with van der Waals surface area (Å²) in [5.74, 6) is -1.15. The van der Waals surface area contributed by atoms with Crippen molar-refractivity contribution < 1.29 is 19.1 Å². The Labute approximate surface area is 179 Å². The van der Waals surface area contributed by atoms with Gasteiger partial charge in [-0.15, -0.1) is 0 Å². The Kier molecular flexibility index (Phi) is 6.64. The van der Waals surface area contributed by atoms with Crippen molar-refractivity contribution in [2.24, 2.45) is 0 Å². The van der Waals surface area contributed by atoms with Crippen LogP contribution in [0.15, 0.2) is 30.3 Å². The molecule has 2 amide bonds. The number of carbonyl (C=O) groups is 3. The van der Waals surface area contributed by atoms with Gasteiger partial charge < -0.3 is 15.4 Å². The number of rotatable bonds is 7. The van der Waals surface area contributed by atoms with Crippen molar-refractivity contribution >= 4 is 34.8 Å². The van der Waals surface area contributed by atoms with E-state index in [-0.39, 0.29) is 12.3 Å². The van der Waals surface area contributed by atoms with Crippen LogP contribution in [0.4, 0.5) is 11.4 Å². The minimum absolute atomic E-state index is 0.125. The number of anilines is 2. The second-order valence-electron chi connectivity index (χ2n) is 7.29. The molecule has 0 aliphatic carbocycles. The standard InChI is InChI=1S/C22H25N5O4/c1-13-10-20-23-14(2)19(15(3)27(20)26-13)8-9-22(30)31-12-21(29)25-18-7-5-6-17(11-18)24-16(4)28/h5-7,10-11H,8-9,12H2,1-4H3,(H,24,28)(H,25,29). The minimum atomic E-state index is -0.474. The van der Waals surface area contributed by atoms with Gasteiger partial charge in [0, 0.05) is 42.2 Å². The van der Waals surface area contributed by atoms with Gasteiger partial charge >= 0.3 is 5.97 Å². The summed E-state index contributed by atoms with van der Waals surface area (Å²) in [6.45, 7) is 6.76. The van der Waals surface area contributed by atoms with E-state index < -0.39 is 18.5 Å². The SMILES string of the molecule is CC(=O)Nc1cccc(NC(=O)COC(=O)CCc2c(C)nc3cc(C)nn3c2C)c1. The number of hydrogen-bond donors (Lipinski definition) is 2. The lowest BCUT2D eigenvalue weighted by Gasteiger charge is -2.11. The summed E-state index contributed by atoms with van der Waals surface area (Å²) in [7, 11) is 0. The Hall–Kier alpha value is -3.75. The van der Waals surface area contributed by atoms with E-state index in [1.54, 1.807) is 28.8 Å². The van der Waals surface area contributed by atoms with Gasteiger partial charge in [0.25, 0.3) is 5.91 Å². The second kappa shape index (κ2) is 9.38. The predicted octanol–water partition coefficient (Wildman–Crippen LogP) is 2.73. The van der Waals surface area contributed by atoms with Crippen LogP contribution in [0.1, 0.15) is 36.0 Å². The molecule has 0 atom stereocenters. The van der Waals surface area contributed by atoms with Crippen molar-refractivity contribution in [3.05, 3.63) is 53.0 Å². The molecule has 0 unspecified atom stereocenters. The zero-order valence-electron chi connectivity index (χ0n) is 18.0. The zero-order chi connectivity index (χ0) is 22.5. The summed E-state index contributed by atoms with van der Waals surface area (Å²) in [6, 6.07) is 8.60. The van der Waals surface area contributed by atoms with Crippen LogP contribution in [0.25, 0.3) is 5.65 Å². The van der Waals surface area contributed by atoms with Gasteiger partial charge in [-0.1, -0.05) is 6.07 Å². The highest BCUT2D eigenvalue weighted by Crippen LogP contribution is 2.17. The molecule has 1 aromatic carbocycles. The van der Waals surface area contributed by atoms with Crippen molar-refractivity contribution in [1.29, 1.82) is 0 Å². The summed E-state index contributed by atoms with van der Waals surface area (Å²) in [5.41, 5.74) is 5.41. The number of esters is 1. The number of amides is 2. The maximum Gasteiger partial charge on any atom is 0.306 e. The molecule has 0 fully saturated rings. The highest BCUT2D eigenvalue weighted by atomic mass is 16.5. The summed E-state index contributed by atoms with van der Waals surface area (Å²) < 4.78 is 6.87. The molecule has 31 heavy (non-hydrogen) atoms. The largest absolute Gasteiger partial charge is 0.456 e. The fraction of sp³-hybridized carbons (Fsp3) is 0.318. The van der Waals surface area contributed by atoms with Gasteiger partial charge in [0.2, 0.25) is 5.91 Å². The van der Waals surface area contributed by atoms with Gasteiger partial charge in [-0.2, -0.15) is 5.10 Å². The van der Waals surface area contributed by atoms with Gasteiger partial charge in [-0.3, -0.25) is 14.4 Å². The average molecular weight is 423 g/mol. The molecule has 3 rings (SSSR count). The van der Waals surface area contributed by atoms with Crippen LogP contribution in [0.5, 0.6) is 0 Å². The lowest BCUT2D eigenvalue weighted by atomic mass is 10.1. The van der Waals surface area contributed by atoms with Crippen LogP contribution in [0.2, 0.25) is 0 Å². The van der Waals surface area contributed by atoms with Crippen LogP contribution in [0, 0.1) is 20.8 Å². The first-order chi connectivity index (χ1) is 14.7. The lowest BCUT2D eigenvalue weighted by Crippen LogP contribution is -2.21. The molecule has 9 heteroatoms. The monoisotopic (exact) mass is 423 g/mol. The van der Waals surface area contributed by atoms with Crippen molar-refractivity contribution in [2.45, 2.75) is 40.5 Å². The molecule has 3 aromatic rings. The lowest BCUT2D eigenvalue weighted by molar-refractivity contribution is -0.147. The van der Waals surface area contributed by atoms with E-state index >= 15 is 0 Å². The molecule has 2 N–H and O–H groups in total. The molecule has 2 aromatic heterocycles. The number of nitrogens with zero attached hydrogens (tertiary/aromatic N) is 3. The summed E-state index contributed by atoms with van der Waals surface area (Å²) in [4.78, 5) is 39.9. The third kappa shape index (κ3) is 5.65. The number of carbonyl (C=O) groups excluding carboxylic acids is 3. The smallest absolute Gasteiger partial charge is 0.306 e. The molecular formula is C22H25N5O4. The van der Waals surface area contributed by atoms with Crippen molar-refractivity contribution in [3.8, 4) is 0 Å². The summed E-state index contributed by atoms with van der Waals surface area (Å²) in [6.07, 6.45) is 0.569. The van der Waals surface area contributed by atoms with Gasteiger partial charge in [0.15, 0.2) is 12.3 Å². The van der Waals surface area contributed by atoms with Crippen LogP contribution < -0.4 is 10.6 Å². The molecule has 0 aliphatic rings.